The Balaban J connectivity index is 2.31. The Bertz CT molecular complexity index is 562. The van der Waals surface area contributed by atoms with E-state index in [-0.39, 0.29) is 0 Å². The van der Waals surface area contributed by atoms with Gasteiger partial charge < -0.3 is 18.3 Å². The van der Waals surface area contributed by atoms with E-state index in [1.54, 1.807) is 24.3 Å². The zero-order chi connectivity index (χ0) is 21.2. The molecule has 0 atom stereocenters. The molecule has 0 amide bonds. The number of esters is 2. The highest BCUT2D eigenvalue weighted by Crippen LogP contribution is 2.09. The van der Waals surface area contributed by atoms with Gasteiger partial charge in [-0.15, -0.1) is 0 Å². The molecule has 0 N–H and O–H groups in total. The lowest BCUT2D eigenvalue weighted by Gasteiger charge is -2.16. The highest BCUT2D eigenvalue weighted by Gasteiger charge is 2.15. The van der Waals surface area contributed by atoms with Crippen LogP contribution in [0.25, 0.3) is 0 Å². The summed E-state index contributed by atoms with van der Waals surface area (Å²) in [6.07, 6.45) is 1.34. The van der Waals surface area contributed by atoms with Gasteiger partial charge in [0.25, 0.3) is 0 Å². The molecule has 0 aromatic heterocycles. The molecule has 28 heavy (non-hydrogen) atoms. The highest BCUT2D eigenvalue weighted by molar-refractivity contribution is 6.70. The van der Waals surface area contributed by atoms with Gasteiger partial charge in [0.2, 0.25) is 0 Å². The first-order chi connectivity index (χ1) is 13.0. The maximum Gasteiger partial charge on any atom is 0.338 e. The predicted molar refractivity (Wildman–Crippen MR) is 115 cm³/mol. The molecule has 0 heterocycles. The second-order valence-corrected chi connectivity index (χ2v) is 17.5. The van der Waals surface area contributed by atoms with E-state index in [9.17, 15) is 9.59 Å². The molecule has 0 radical (unpaired) electrons. The molecule has 0 fully saturated rings. The van der Waals surface area contributed by atoms with Gasteiger partial charge in [0, 0.05) is 26.1 Å². The molecular weight excluding hydrogens is 392 g/mol. The van der Waals surface area contributed by atoms with E-state index in [2.05, 4.69) is 39.3 Å². The van der Waals surface area contributed by atoms with Gasteiger partial charge in [0.15, 0.2) is 16.6 Å². The molecule has 8 heteroatoms. The van der Waals surface area contributed by atoms with E-state index in [0.717, 1.165) is 0 Å². The third-order valence-electron chi connectivity index (χ3n) is 3.47. The van der Waals surface area contributed by atoms with Crippen molar-refractivity contribution in [3.63, 3.8) is 0 Å². The fraction of sp³-hybridized carbons (Fsp3) is 0.600. The number of hydrogen-bond acceptors (Lipinski definition) is 6. The zero-order valence-corrected chi connectivity index (χ0v) is 20.0. The van der Waals surface area contributed by atoms with Crippen molar-refractivity contribution in [2.45, 2.75) is 52.1 Å². The van der Waals surface area contributed by atoms with Gasteiger partial charge in [-0.05, 0) is 63.5 Å². The van der Waals surface area contributed by atoms with Crippen molar-refractivity contribution in [1.29, 1.82) is 0 Å². The lowest BCUT2D eigenvalue weighted by Crippen LogP contribution is -2.26. The first kappa shape index (κ1) is 24.6. The third kappa shape index (κ3) is 11.4. The van der Waals surface area contributed by atoms with Crippen LogP contribution in [0.1, 0.15) is 33.6 Å². The van der Waals surface area contributed by atoms with Gasteiger partial charge in [0.1, 0.15) is 0 Å². The topological polar surface area (TPSA) is 71.1 Å². The molecule has 1 rings (SSSR count). The minimum Gasteiger partial charge on any atom is -0.462 e. The highest BCUT2D eigenvalue weighted by atomic mass is 28.4. The van der Waals surface area contributed by atoms with E-state index >= 15 is 0 Å². The predicted octanol–water partition coefficient (Wildman–Crippen LogP) is 4.48. The number of hydrogen-bond donors (Lipinski definition) is 0. The van der Waals surface area contributed by atoms with E-state index < -0.39 is 28.6 Å². The summed E-state index contributed by atoms with van der Waals surface area (Å²) in [5.41, 5.74) is 0.817. The summed E-state index contributed by atoms with van der Waals surface area (Å²) >= 11 is 0. The molecule has 0 saturated heterocycles. The Morgan fingerprint density at radius 3 is 1.25 bits per heavy atom. The number of carbonyl (C=O) groups is 2. The van der Waals surface area contributed by atoms with Crippen LogP contribution >= 0.6 is 0 Å². The van der Waals surface area contributed by atoms with Crippen molar-refractivity contribution in [3.05, 3.63) is 35.4 Å². The summed E-state index contributed by atoms with van der Waals surface area (Å²) in [4.78, 5) is 24.1. The first-order valence-electron chi connectivity index (χ1n) is 9.70. The second kappa shape index (κ2) is 11.5. The van der Waals surface area contributed by atoms with Crippen molar-refractivity contribution in [2.75, 3.05) is 26.4 Å². The van der Waals surface area contributed by atoms with Gasteiger partial charge in [-0.3, -0.25) is 0 Å². The van der Waals surface area contributed by atoms with Crippen LogP contribution in [0.4, 0.5) is 0 Å². The fourth-order valence-electron chi connectivity index (χ4n) is 2.11. The maximum atomic E-state index is 12.0. The van der Waals surface area contributed by atoms with E-state index in [1.165, 1.54) is 0 Å². The van der Waals surface area contributed by atoms with Crippen LogP contribution < -0.4 is 0 Å². The van der Waals surface area contributed by atoms with Gasteiger partial charge in [-0.25, -0.2) is 9.59 Å². The van der Waals surface area contributed by atoms with Crippen LogP contribution in [0.15, 0.2) is 24.3 Å². The Morgan fingerprint density at radius 2 is 0.964 bits per heavy atom. The summed E-state index contributed by atoms with van der Waals surface area (Å²) < 4.78 is 21.9. The van der Waals surface area contributed by atoms with Crippen LogP contribution in [0, 0.1) is 0 Å². The molecule has 0 saturated carbocycles. The third-order valence-corrected chi connectivity index (χ3v) is 5.61. The smallest absolute Gasteiger partial charge is 0.338 e. The second-order valence-electron chi connectivity index (χ2n) is 8.48. The van der Waals surface area contributed by atoms with Gasteiger partial charge in [-0.1, -0.05) is 0 Å². The lowest BCUT2D eigenvalue weighted by atomic mass is 10.1. The average molecular weight is 427 g/mol. The van der Waals surface area contributed by atoms with E-state index in [0.29, 0.717) is 50.4 Å². The van der Waals surface area contributed by atoms with Gasteiger partial charge >= 0.3 is 11.9 Å². The lowest BCUT2D eigenvalue weighted by molar-refractivity contribution is 0.0470. The van der Waals surface area contributed by atoms with Crippen molar-refractivity contribution < 1.29 is 27.9 Å². The summed E-state index contributed by atoms with van der Waals surface area (Å²) in [7, 11) is -3.06. The standard InChI is InChI=1S/C20H34O6Si2/c1-27(2,3)25-15-7-13-23-19(21)17-9-11-18(12-10-17)20(22)24-14-8-16-26-28(4,5)6/h9-12H,7-8,13-16H2,1-6H3. The van der Waals surface area contributed by atoms with Crippen molar-refractivity contribution in [2.24, 2.45) is 0 Å². The summed E-state index contributed by atoms with van der Waals surface area (Å²) in [6.45, 7) is 14.5. The molecule has 0 aliphatic carbocycles. The molecule has 0 aliphatic heterocycles. The molecule has 0 bridgehead atoms. The minimum atomic E-state index is -1.53. The van der Waals surface area contributed by atoms with E-state index in [4.69, 9.17) is 18.3 Å². The Morgan fingerprint density at radius 1 is 0.643 bits per heavy atom. The van der Waals surface area contributed by atoms with Gasteiger partial charge in [-0.2, -0.15) is 0 Å². The average Bonchev–Trinajstić information content (AvgIpc) is 2.59. The molecule has 0 unspecified atom stereocenters. The molecule has 158 valence electrons. The van der Waals surface area contributed by atoms with Crippen LogP contribution in [0.2, 0.25) is 39.3 Å². The number of rotatable bonds is 12. The van der Waals surface area contributed by atoms with E-state index in [1.807, 2.05) is 0 Å². The first-order valence-corrected chi connectivity index (χ1v) is 16.5. The van der Waals surface area contributed by atoms with Crippen LogP contribution in [0.3, 0.4) is 0 Å². The van der Waals surface area contributed by atoms with Crippen LogP contribution in [-0.2, 0) is 18.3 Å². The molecule has 1 aromatic rings. The van der Waals surface area contributed by atoms with Crippen LogP contribution in [-0.4, -0.2) is 55.0 Å². The normalized spacial score (nSPS) is 11.9. The Hall–Kier alpha value is -1.49. The van der Waals surface area contributed by atoms with Crippen molar-refractivity contribution in [1.82, 2.24) is 0 Å². The summed E-state index contributed by atoms with van der Waals surface area (Å²) in [6, 6.07) is 6.30. The SMILES string of the molecule is C[Si](C)(C)OCCCOC(=O)c1ccc(C(=O)OCCCO[Si](C)(C)C)cc1. The quantitative estimate of drug-likeness (QED) is 0.279. The number of benzene rings is 1. The van der Waals surface area contributed by atoms with Crippen molar-refractivity contribution in [3.8, 4) is 0 Å². The van der Waals surface area contributed by atoms with Gasteiger partial charge in [0.05, 0.1) is 24.3 Å². The summed E-state index contributed by atoms with van der Waals surface area (Å²) in [5.74, 6) is -0.812. The largest absolute Gasteiger partial charge is 0.462 e. The molecular formula is C20H34O6Si2. The Kier molecular flexibility index (Phi) is 10.1. The zero-order valence-electron chi connectivity index (χ0n) is 18.0. The molecule has 1 aromatic carbocycles. The maximum absolute atomic E-state index is 12.0. The Labute approximate surface area is 170 Å². The summed E-state index contributed by atoms with van der Waals surface area (Å²) in [5, 5.41) is 0. The van der Waals surface area contributed by atoms with Crippen LogP contribution in [0.5, 0.6) is 0 Å². The van der Waals surface area contributed by atoms with Crippen molar-refractivity contribution >= 4 is 28.6 Å². The minimum absolute atomic E-state index is 0.312. The fourth-order valence-corrected chi connectivity index (χ4v) is 3.63. The monoisotopic (exact) mass is 426 g/mol. The number of ether oxygens (including phenoxy) is 2. The molecule has 6 nitrogen and oxygen atoms in total. The molecule has 0 spiro atoms. The molecule has 0 aliphatic rings. The number of carbonyl (C=O) groups excluding carboxylic acids is 2.